The predicted octanol–water partition coefficient (Wildman–Crippen LogP) is 2.52. The van der Waals surface area contributed by atoms with Crippen LogP contribution in [0.1, 0.15) is 24.5 Å². The normalized spacial score (nSPS) is 17.5. The van der Waals surface area contributed by atoms with Crippen molar-refractivity contribution in [3.8, 4) is 0 Å². The van der Waals surface area contributed by atoms with Crippen LogP contribution in [0.15, 0.2) is 36.5 Å². The average Bonchev–Trinajstić information content (AvgIpc) is 2.58. The molecule has 0 N–H and O–H groups in total. The molecule has 1 aliphatic rings. The second-order valence-electron chi connectivity index (χ2n) is 2.89. The van der Waals surface area contributed by atoms with Crippen molar-refractivity contribution in [2.45, 2.75) is 18.8 Å². The molecule has 11 heavy (non-hydrogen) atoms. The van der Waals surface area contributed by atoms with Crippen molar-refractivity contribution in [3.05, 3.63) is 42.2 Å². The number of hydrogen-bond donors (Lipinski definition) is 0. The van der Waals surface area contributed by atoms with Gasteiger partial charge in [-0.05, 0) is 25.0 Å². The van der Waals surface area contributed by atoms with Crippen LogP contribution < -0.4 is 0 Å². The van der Waals surface area contributed by atoms with Crippen LogP contribution in [0.5, 0.6) is 0 Å². The van der Waals surface area contributed by atoms with E-state index in [1.54, 1.807) is 0 Å². The molecule has 0 radical (unpaired) electrons. The molecule has 0 saturated carbocycles. The summed E-state index contributed by atoms with van der Waals surface area (Å²) in [6.07, 6.45) is 8.67. The van der Waals surface area contributed by atoms with E-state index in [2.05, 4.69) is 29.3 Å². The molecular weight excluding hydrogens is 134 g/mol. The van der Waals surface area contributed by atoms with Crippen molar-refractivity contribution in [3.63, 3.8) is 0 Å². The standard InChI is InChI=1S/C10H11N/c1-2-6-9(5-1)10-7-3-4-8-11-10/h1-4,7-9H,5-6H2. The third-order valence-corrected chi connectivity index (χ3v) is 2.11. The second-order valence-corrected chi connectivity index (χ2v) is 2.89. The van der Waals surface area contributed by atoms with Gasteiger partial charge in [0.05, 0.1) is 0 Å². The molecule has 0 fully saturated rings. The number of pyridine rings is 1. The molecule has 1 nitrogen and oxygen atoms in total. The van der Waals surface area contributed by atoms with E-state index < -0.39 is 0 Å². The first-order chi connectivity index (χ1) is 5.47. The Labute approximate surface area is 66.8 Å². The minimum absolute atomic E-state index is 0.649. The highest BCUT2D eigenvalue weighted by molar-refractivity contribution is 5.15. The summed E-state index contributed by atoms with van der Waals surface area (Å²) in [6.45, 7) is 0. The number of aromatic nitrogens is 1. The van der Waals surface area contributed by atoms with E-state index in [1.165, 1.54) is 5.69 Å². The van der Waals surface area contributed by atoms with Gasteiger partial charge in [0.1, 0.15) is 0 Å². The SMILES string of the molecule is C1=CCC(c2ccccn2)C1. The maximum Gasteiger partial charge on any atom is 0.0440 e. The first-order valence-corrected chi connectivity index (χ1v) is 4.03. The molecule has 0 amide bonds. The lowest BCUT2D eigenvalue weighted by Crippen LogP contribution is -1.94. The first kappa shape index (κ1) is 6.59. The third kappa shape index (κ3) is 1.32. The largest absolute Gasteiger partial charge is 0.261 e. The van der Waals surface area contributed by atoms with E-state index in [4.69, 9.17) is 0 Å². The van der Waals surface area contributed by atoms with Gasteiger partial charge in [-0.2, -0.15) is 0 Å². The van der Waals surface area contributed by atoms with Crippen molar-refractivity contribution >= 4 is 0 Å². The molecule has 1 heteroatoms. The molecule has 0 bridgehead atoms. The van der Waals surface area contributed by atoms with Gasteiger partial charge in [0, 0.05) is 17.8 Å². The van der Waals surface area contributed by atoms with Crippen molar-refractivity contribution < 1.29 is 0 Å². The molecular formula is C10H11N. The van der Waals surface area contributed by atoms with E-state index >= 15 is 0 Å². The van der Waals surface area contributed by atoms with Crippen LogP contribution in [0.2, 0.25) is 0 Å². The summed E-state index contributed by atoms with van der Waals surface area (Å²) in [5.41, 5.74) is 1.23. The summed E-state index contributed by atoms with van der Waals surface area (Å²) in [5, 5.41) is 0. The minimum Gasteiger partial charge on any atom is -0.261 e. The molecule has 56 valence electrons. The summed E-state index contributed by atoms with van der Waals surface area (Å²) in [4.78, 5) is 4.32. The molecule has 0 aliphatic heterocycles. The molecule has 0 atom stereocenters. The van der Waals surface area contributed by atoms with Crippen LogP contribution >= 0.6 is 0 Å². The zero-order chi connectivity index (χ0) is 7.52. The van der Waals surface area contributed by atoms with E-state index in [0.29, 0.717) is 5.92 Å². The summed E-state index contributed by atoms with van der Waals surface area (Å²) >= 11 is 0. The fourth-order valence-electron chi connectivity index (χ4n) is 1.48. The van der Waals surface area contributed by atoms with Gasteiger partial charge >= 0.3 is 0 Å². The Balaban J connectivity index is 2.17. The van der Waals surface area contributed by atoms with Gasteiger partial charge in [-0.15, -0.1) is 0 Å². The lowest BCUT2D eigenvalue weighted by molar-refractivity contribution is 0.725. The van der Waals surface area contributed by atoms with Crippen LogP contribution in [-0.2, 0) is 0 Å². The van der Waals surface area contributed by atoms with Crippen molar-refractivity contribution in [1.82, 2.24) is 4.98 Å². The van der Waals surface area contributed by atoms with Gasteiger partial charge in [0.25, 0.3) is 0 Å². The van der Waals surface area contributed by atoms with Crippen molar-refractivity contribution in [2.75, 3.05) is 0 Å². The van der Waals surface area contributed by atoms with Gasteiger partial charge in [0.15, 0.2) is 0 Å². The van der Waals surface area contributed by atoms with E-state index in [1.807, 2.05) is 12.3 Å². The van der Waals surface area contributed by atoms with E-state index in [9.17, 15) is 0 Å². The highest BCUT2D eigenvalue weighted by atomic mass is 14.7. The minimum atomic E-state index is 0.649. The Morgan fingerprint density at radius 1 is 1.18 bits per heavy atom. The molecule has 1 aromatic heterocycles. The van der Waals surface area contributed by atoms with Crippen LogP contribution in [-0.4, -0.2) is 4.98 Å². The Kier molecular flexibility index (Phi) is 1.72. The van der Waals surface area contributed by atoms with Gasteiger partial charge in [-0.1, -0.05) is 18.2 Å². The lowest BCUT2D eigenvalue weighted by Gasteiger charge is -2.06. The molecule has 1 aliphatic carbocycles. The highest BCUT2D eigenvalue weighted by Crippen LogP contribution is 2.26. The Bertz CT molecular complexity index is 243. The van der Waals surface area contributed by atoms with Crippen LogP contribution in [0.4, 0.5) is 0 Å². The number of allylic oxidation sites excluding steroid dienone is 2. The second kappa shape index (κ2) is 2.87. The highest BCUT2D eigenvalue weighted by Gasteiger charge is 2.12. The van der Waals surface area contributed by atoms with Gasteiger partial charge in [0.2, 0.25) is 0 Å². The Morgan fingerprint density at radius 3 is 2.64 bits per heavy atom. The predicted molar refractivity (Wildman–Crippen MR) is 45.4 cm³/mol. The fraction of sp³-hybridized carbons (Fsp3) is 0.300. The Hall–Kier alpha value is -1.11. The summed E-state index contributed by atoms with van der Waals surface area (Å²) in [7, 11) is 0. The maximum absolute atomic E-state index is 4.32. The summed E-state index contributed by atoms with van der Waals surface area (Å²) < 4.78 is 0. The third-order valence-electron chi connectivity index (χ3n) is 2.11. The van der Waals surface area contributed by atoms with Gasteiger partial charge in [-0.3, -0.25) is 4.98 Å². The van der Waals surface area contributed by atoms with Gasteiger partial charge < -0.3 is 0 Å². The zero-order valence-electron chi connectivity index (χ0n) is 6.40. The number of hydrogen-bond acceptors (Lipinski definition) is 1. The monoisotopic (exact) mass is 145 g/mol. The van der Waals surface area contributed by atoms with Gasteiger partial charge in [-0.25, -0.2) is 0 Å². The quantitative estimate of drug-likeness (QED) is 0.553. The molecule has 1 aromatic rings. The molecule has 2 rings (SSSR count). The molecule has 0 spiro atoms. The van der Waals surface area contributed by atoms with E-state index in [0.717, 1.165) is 12.8 Å². The lowest BCUT2D eigenvalue weighted by atomic mass is 10.0. The topological polar surface area (TPSA) is 12.9 Å². The smallest absolute Gasteiger partial charge is 0.0440 e. The van der Waals surface area contributed by atoms with Crippen LogP contribution in [0, 0.1) is 0 Å². The summed E-state index contributed by atoms with van der Waals surface area (Å²) in [6, 6.07) is 6.13. The number of rotatable bonds is 1. The van der Waals surface area contributed by atoms with Crippen LogP contribution in [0.3, 0.4) is 0 Å². The molecule has 0 saturated heterocycles. The first-order valence-electron chi connectivity index (χ1n) is 4.03. The number of nitrogens with zero attached hydrogens (tertiary/aromatic N) is 1. The Morgan fingerprint density at radius 2 is 2.00 bits per heavy atom. The molecule has 0 aromatic carbocycles. The van der Waals surface area contributed by atoms with Crippen molar-refractivity contribution in [2.24, 2.45) is 0 Å². The van der Waals surface area contributed by atoms with Crippen LogP contribution in [0.25, 0.3) is 0 Å². The average molecular weight is 145 g/mol. The van der Waals surface area contributed by atoms with Crippen molar-refractivity contribution in [1.29, 1.82) is 0 Å². The summed E-state index contributed by atoms with van der Waals surface area (Å²) in [5.74, 6) is 0.649. The molecule has 1 heterocycles. The zero-order valence-corrected chi connectivity index (χ0v) is 6.40. The fourth-order valence-corrected chi connectivity index (χ4v) is 1.48. The van der Waals surface area contributed by atoms with E-state index in [-0.39, 0.29) is 0 Å². The maximum atomic E-state index is 4.32. The molecule has 0 unspecified atom stereocenters.